The van der Waals surface area contributed by atoms with Gasteiger partial charge >= 0.3 is 0 Å². The molecule has 0 saturated heterocycles. The van der Waals surface area contributed by atoms with Crippen molar-refractivity contribution in [3.05, 3.63) is 17.3 Å². The molecule has 1 rings (SSSR count). The van der Waals surface area contributed by atoms with Crippen LogP contribution in [0, 0.1) is 13.8 Å². The summed E-state index contributed by atoms with van der Waals surface area (Å²) in [6.45, 7) is 8.93. The van der Waals surface area contributed by atoms with E-state index in [0.717, 1.165) is 0 Å². The number of rotatable bonds is 1. The van der Waals surface area contributed by atoms with Gasteiger partial charge in [-0.25, -0.2) is 4.98 Å². The van der Waals surface area contributed by atoms with Crippen molar-refractivity contribution in [2.24, 2.45) is 0 Å². The molecule has 12 heavy (non-hydrogen) atoms. The molecule has 0 bridgehead atoms. The Balaban J connectivity index is 0.000000561. The summed E-state index contributed by atoms with van der Waals surface area (Å²) >= 11 is 0. The highest BCUT2D eigenvalue weighted by atomic mass is 16.4. The number of ketones is 1. The van der Waals surface area contributed by atoms with Crippen LogP contribution in [-0.2, 0) is 0 Å². The summed E-state index contributed by atoms with van der Waals surface area (Å²) < 4.78 is 5.04. The van der Waals surface area contributed by atoms with Crippen LogP contribution in [0.4, 0.5) is 0 Å². The Morgan fingerprint density at radius 1 is 1.33 bits per heavy atom. The van der Waals surface area contributed by atoms with Gasteiger partial charge in [0.25, 0.3) is 0 Å². The minimum atomic E-state index is -0.0469. The van der Waals surface area contributed by atoms with Gasteiger partial charge in [0.1, 0.15) is 11.5 Å². The minimum Gasteiger partial charge on any atom is -0.446 e. The van der Waals surface area contributed by atoms with Crippen LogP contribution in [0.3, 0.4) is 0 Å². The molecule has 0 N–H and O–H groups in total. The zero-order valence-corrected chi connectivity index (χ0v) is 8.26. The van der Waals surface area contributed by atoms with Crippen molar-refractivity contribution in [2.45, 2.75) is 34.6 Å². The standard InChI is InChI=1S/C7H9NO2.C2H6/c1-4(9)7-5(2)10-6(3)8-7;1-2/h1-3H3;1-2H3. The summed E-state index contributed by atoms with van der Waals surface area (Å²) in [6, 6.07) is 0. The molecule has 1 aromatic rings. The Hall–Kier alpha value is -1.12. The second-order valence-electron chi connectivity index (χ2n) is 2.19. The van der Waals surface area contributed by atoms with E-state index in [1.54, 1.807) is 13.8 Å². The van der Waals surface area contributed by atoms with Crippen LogP contribution >= 0.6 is 0 Å². The van der Waals surface area contributed by atoms with Crippen molar-refractivity contribution in [1.82, 2.24) is 4.98 Å². The quantitative estimate of drug-likeness (QED) is 0.607. The van der Waals surface area contributed by atoms with Crippen molar-refractivity contribution >= 4 is 5.78 Å². The smallest absolute Gasteiger partial charge is 0.191 e. The fourth-order valence-electron chi connectivity index (χ4n) is 0.856. The lowest BCUT2D eigenvalue weighted by molar-refractivity contribution is 0.101. The molecule has 0 unspecified atom stereocenters. The molecule has 1 heterocycles. The zero-order chi connectivity index (χ0) is 9.72. The highest BCUT2D eigenvalue weighted by molar-refractivity contribution is 5.92. The normalized spacial score (nSPS) is 8.75. The topological polar surface area (TPSA) is 43.1 Å². The number of nitrogens with zero attached hydrogens (tertiary/aromatic N) is 1. The van der Waals surface area contributed by atoms with Gasteiger partial charge in [-0.15, -0.1) is 0 Å². The first-order valence-electron chi connectivity index (χ1n) is 4.06. The Kier molecular flexibility index (Phi) is 4.26. The second kappa shape index (κ2) is 4.70. The van der Waals surface area contributed by atoms with Gasteiger partial charge in [-0.3, -0.25) is 4.79 Å². The van der Waals surface area contributed by atoms with Gasteiger partial charge in [-0.1, -0.05) is 13.8 Å². The first-order chi connectivity index (χ1) is 5.61. The molecular formula is C9H15NO2. The number of carbonyl (C=O) groups is 1. The third-order valence-corrected chi connectivity index (χ3v) is 1.24. The van der Waals surface area contributed by atoms with Crippen LogP contribution in [0.25, 0.3) is 0 Å². The van der Waals surface area contributed by atoms with E-state index in [1.165, 1.54) is 6.92 Å². The number of hydrogen-bond acceptors (Lipinski definition) is 3. The van der Waals surface area contributed by atoms with Crippen LogP contribution in [0.15, 0.2) is 4.42 Å². The van der Waals surface area contributed by atoms with Crippen molar-refractivity contribution in [3.8, 4) is 0 Å². The Morgan fingerprint density at radius 2 is 1.83 bits per heavy atom. The van der Waals surface area contributed by atoms with E-state index in [9.17, 15) is 4.79 Å². The predicted octanol–water partition coefficient (Wildman–Crippen LogP) is 2.52. The molecule has 0 saturated carbocycles. The molecule has 0 atom stereocenters. The Morgan fingerprint density at radius 3 is 2.00 bits per heavy atom. The van der Waals surface area contributed by atoms with Crippen molar-refractivity contribution < 1.29 is 9.21 Å². The molecule has 0 amide bonds. The number of carbonyl (C=O) groups excluding carboxylic acids is 1. The zero-order valence-electron chi connectivity index (χ0n) is 8.26. The number of aromatic nitrogens is 1. The monoisotopic (exact) mass is 169 g/mol. The Bertz CT molecular complexity index is 263. The van der Waals surface area contributed by atoms with Crippen molar-refractivity contribution in [3.63, 3.8) is 0 Å². The van der Waals surface area contributed by atoms with E-state index in [4.69, 9.17) is 4.42 Å². The lowest BCUT2D eigenvalue weighted by Crippen LogP contribution is -1.93. The summed E-state index contributed by atoms with van der Waals surface area (Å²) in [5.74, 6) is 1.10. The maximum absolute atomic E-state index is 10.8. The van der Waals surface area contributed by atoms with Gasteiger partial charge in [0.05, 0.1) is 0 Å². The van der Waals surface area contributed by atoms with Crippen LogP contribution in [-0.4, -0.2) is 10.8 Å². The number of aryl methyl sites for hydroxylation is 2. The van der Waals surface area contributed by atoms with Crippen LogP contribution < -0.4 is 0 Å². The molecule has 0 radical (unpaired) electrons. The van der Waals surface area contributed by atoms with Gasteiger partial charge in [-0.05, 0) is 6.92 Å². The number of hydrogen-bond donors (Lipinski definition) is 0. The highest BCUT2D eigenvalue weighted by Crippen LogP contribution is 2.08. The number of Topliss-reactive ketones (excluding diaryl/α,β-unsaturated/α-hetero) is 1. The van der Waals surface area contributed by atoms with Crippen molar-refractivity contribution in [1.29, 1.82) is 0 Å². The molecule has 3 nitrogen and oxygen atoms in total. The third kappa shape index (κ3) is 2.49. The van der Waals surface area contributed by atoms with Crippen LogP contribution in [0.1, 0.15) is 42.9 Å². The molecule has 0 aromatic carbocycles. The molecule has 68 valence electrons. The molecule has 0 aliphatic rings. The average molecular weight is 169 g/mol. The highest BCUT2D eigenvalue weighted by Gasteiger charge is 2.09. The predicted molar refractivity (Wildman–Crippen MR) is 47.3 cm³/mol. The van der Waals surface area contributed by atoms with Gasteiger partial charge in [0.2, 0.25) is 0 Å². The third-order valence-electron chi connectivity index (χ3n) is 1.24. The number of oxazole rings is 1. The van der Waals surface area contributed by atoms with E-state index >= 15 is 0 Å². The molecule has 0 aliphatic carbocycles. The van der Waals surface area contributed by atoms with Crippen molar-refractivity contribution in [2.75, 3.05) is 0 Å². The molecular weight excluding hydrogens is 154 g/mol. The fraction of sp³-hybridized carbons (Fsp3) is 0.556. The van der Waals surface area contributed by atoms with Gasteiger partial charge in [0, 0.05) is 13.8 Å². The van der Waals surface area contributed by atoms with Gasteiger partial charge in [0.15, 0.2) is 11.7 Å². The lowest BCUT2D eigenvalue weighted by Gasteiger charge is -1.84. The summed E-state index contributed by atoms with van der Waals surface area (Å²) in [7, 11) is 0. The van der Waals surface area contributed by atoms with E-state index in [0.29, 0.717) is 17.3 Å². The summed E-state index contributed by atoms with van der Waals surface area (Å²) in [6.07, 6.45) is 0. The average Bonchev–Trinajstić information content (AvgIpc) is 2.34. The molecule has 0 aliphatic heterocycles. The van der Waals surface area contributed by atoms with E-state index in [-0.39, 0.29) is 5.78 Å². The lowest BCUT2D eigenvalue weighted by atomic mass is 10.3. The fourth-order valence-corrected chi connectivity index (χ4v) is 0.856. The van der Waals surface area contributed by atoms with Gasteiger partial charge in [-0.2, -0.15) is 0 Å². The molecule has 1 aromatic heterocycles. The second-order valence-corrected chi connectivity index (χ2v) is 2.19. The molecule has 0 spiro atoms. The van der Waals surface area contributed by atoms with E-state index in [1.807, 2.05) is 13.8 Å². The SMILES string of the molecule is CC.CC(=O)c1nc(C)oc1C. The first kappa shape index (κ1) is 10.9. The summed E-state index contributed by atoms with van der Waals surface area (Å²) in [5.41, 5.74) is 0.442. The van der Waals surface area contributed by atoms with Gasteiger partial charge < -0.3 is 4.42 Å². The summed E-state index contributed by atoms with van der Waals surface area (Å²) in [5, 5.41) is 0. The largest absolute Gasteiger partial charge is 0.446 e. The van der Waals surface area contributed by atoms with E-state index in [2.05, 4.69) is 4.98 Å². The van der Waals surface area contributed by atoms with Crippen LogP contribution in [0.2, 0.25) is 0 Å². The first-order valence-corrected chi connectivity index (χ1v) is 4.06. The summed E-state index contributed by atoms with van der Waals surface area (Å²) in [4.78, 5) is 14.7. The van der Waals surface area contributed by atoms with Crippen LogP contribution in [0.5, 0.6) is 0 Å². The maximum Gasteiger partial charge on any atom is 0.191 e. The molecule has 3 heteroatoms. The maximum atomic E-state index is 10.8. The van der Waals surface area contributed by atoms with E-state index < -0.39 is 0 Å². The minimum absolute atomic E-state index is 0.0469. The molecule has 0 fully saturated rings. The Labute approximate surface area is 72.8 Å².